The number of benzene rings is 2. The van der Waals surface area contributed by atoms with Gasteiger partial charge in [0.15, 0.2) is 11.6 Å². The number of rotatable bonds is 4. The fraction of sp³-hybridized carbons (Fsp3) is 0.261. The second-order valence-electron chi connectivity index (χ2n) is 7.91. The number of halogens is 3. The Labute approximate surface area is 187 Å². The highest BCUT2D eigenvalue weighted by Crippen LogP contribution is 2.30. The molecule has 1 saturated heterocycles. The molecule has 33 heavy (non-hydrogen) atoms. The van der Waals surface area contributed by atoms with E-state index in [0.717, 1.165) is 17.0 Å². The molecule has 2 atom stereocenters. The van der Waals surface area contributed by atoms with Crippen molar-refractivity contribution in [3.05, 3.63) is 77.2 Å². The molecule has 1 aromatic heterocycles. The van der Waals surface area contributed by atoms with Crippen LogP contribution < -0.4 is 5.32 Å². The molecule has 0 aliphatic carbocycles. The molecule has 2 N–H and O–H groups in total. The summed E-state index contributed by atoms with van der Waals surface area (Å²) in [6, 6.07) is 8.55. The fourth-order valence-corrected chi connectivity index (χ4v) is 4.18. The molecule has 1 fully saturated rings. The number of hydrogen-bond donors (Lipinski definition) is 2. The summed E-state index contributed by atoms with van der Waals surface area (Å²) in [4.78, 5) is 25.5. The monoisotopic (exact) mass is 458 g/mol. The largest absolute Gasteiger partial charge is 0.465 e. The third-order valence-electron chi connectivity index (χ3n) is 5.90. The van der Waals surface area contributed by atoms with E-state index >= 15 is 0 Å². The second kappa shape index (κ2) is 8.97. The third-order valence-corrected chi connectivity index (χ3v) is 5.90. The van der Waals surface area contributed by atoms with E-state index in [1.807, 2.05) is 0 Å². The highest BCUT2D eigenvalue weighted by Gasteiger charge is 2.34. The minimum absolute atomic E-state index is 0.0700. The van der Waals surface area contributed by atoms with Crippen LogP contribution >= 0.6 is 0 Å². The van der Waals surface area contributed by atoms with Gasteiger partial charge in [0.1, 0.15) is 5.82 Å². The first kappa shape index (κ1) is 22.4. The van der Waals surface area contributed by atoms with Crippen LogP contribution in [-0.2, 0) is 7.05 Å². The maximum atomic E-state index is 14.8. The maximum Gasteiger partial charge on any atom is 0.407 e. The Morgan fingerprint density at radius 3 is 2.48 bits per heavy atom. The average molecular weight is 458 g/mol. The van der Waals surface area contributed by atoms with Gasteiger partial charge in [0.2, 0.25) is 0 Å². The average Bonchev–Trinajstić information content (AvgIpc) is 3.21. The van der Waals surface area contributed by atoms with Gasteiger partial charge in [-0.15, -0.1) is 0 Å². The van der Waals surface area contributed by atoms with Crippen molar-refractivity contribution in [3.63, 3.8) is 0 Å². The van der Waals surface area contributed by atoms with E-state index in [4.69, 9.17) is 0 Å². The van der Waals surface area contributed by atoms with Crippen LogP contribution in [0.1, 0.15) is 28.3 Å². The van der Waals surface area contributed by atoms with E-state index in [0.29, 0.717) is 16.8 Å². The summed E-state index contributed by atoms with van der Waals surface area (Å²) in [7, 11) is 1.71. The number of likely N-dealkylation sites (tertiary alicyclic amines) is 1. The van der Waals surface area contributed by atoms with Crippen molar-refractivity contribution >= 4 is 12.0 Å². The minimum Gasteiger partial charge on any atom is -0.465 e. The van der Waals surface area contributed by atoms with Crippen molar-refractivity contribution in [2.45, 2.75) is 18.4 Å². The summed E-state index contributed by atoms with van der Waals surface area (Å²) >= 11 is 0. The zero-order valence-corrected chi connectivity index (χ0v) is 17.6. The van der Waals surface area contributed by atoms with Crippen molar-refractivity contribution in [1.29, 1.82) is 0 Å². The minimum atomic E-state index is -1.16. The molecular formula is C23H21F3N4O3. The summed E-state index contributed by atoms with van der Waals surface area (Å²) in [6.45, 7) is 0.0958. The van der Waals surface area contributed by atoms with E-state index in [1.165, 1.54) is 18.2 Å². The Hall–Kier alpha value is -3.82. The Morgan fingerprint density at radius 1 is 1.06 bits per heavy atom. The molecule has 0 spiro atoms. The number of piperidine rings is 1. The molecule has 2 amide bonds. The summed E-state index contributed by atoms with van der Waals surface area (Å²) in [5.74, 6) is -3.99. The SMILES string of the molecule is Cn1nccc1-c1ccc(C(=O)N[C@@H]2CN(C(=O)O)CC[C@H]2c2ccc(F)c(F)c2)c(F)c1. The molecule has 0 radical (unpaired) electrons. The van der Waals surface area contributed by atoms with E-state index in [1.54, 1.807) is 30.1 Å². The van der Waals surface area contributed by atoms with E-state index in [2.05, 4.69) is 10.4 Å². The topological polar surface area (TPSA) is 87.5 Å². The van der Waals surface area contributed by atoms with Crippen molar-refractivity contribution in [2.24, 2.45) is 7.05 Å². The number of aromatic nitrogens is 2. The van der Waals surface area contributed by atoms with Crippen molar-refractivity contribution in [2.75, 3.05) is 13.1 Å². The lowest BCUT2D eigenvalue weighted by molar-refractivity contribution is 0.0864. The first-order valence-corrected chi connectivity index (χ1v) is 10.3. The molecule has 7 nitrogen and oxygen atoms in total. The summed E-state index contributed by atoms with van der Waals surface area (Å²) in [5, 5.41) is 16.1. The molecule has 2 aromatic carbocycles. The number of carboxylic acid groups (broad SMARTS) is 1. The summed E-state index contributed by atoms with van der Waals surface area (Å²) in [5.41, 5.74) is 1.43. The van der Waals surface area contributed by atoms with Crippen LogP contribution in [0.25, 0.3) is 11.3 Å². The predicted octanol–water partition coefficient (Wildman–Crippen LogP) is 3.77. The van der Waals surface area contributed by atoms with Gasteiger partial charge >= 0.3 is 6.09 Å². The summed E-state index contributed by atoms with van der Waals surface area (Å²) < 4.78 is 43.6. The highest BCUT2D eigenvalue weighted by molar-refractivity contribution is 5.95. The smallest absolute Gasteiger partial charge is 0.407 e. The molecule has 0 saturated carbocycles. The molecule has 0 unspecified atom stereocenters. The van der Waals surface area contributed by atoms with Crippen molar-refractivity contribution < 1.29 is 27.9 Å². The maximum absolute atomic E-state index is 14.8. The molecule has 172 valence electrons. The van der Waals surface area contributed by atoms with Gasteiger partial charge in [-0.05, 0) is 42.3 Å². The summed E-state index contributed by atoms with van der Waals surface area (Å²) in [6.07, 6.45) is 0.693. The van der Waals surface area contributed by atoms with E-state index in [9.17, 15) is 27.9 Å². The van der Waals surface area contributed by atoms with Gasteiger partial charge in [0.25, 0.3) is 5.91 Å². The number of aryl methyl sites for hydroxylation is 1. The van der Waals surface area contributed by atoms with Gasteiger partial charge in [-0.2, -0.15) is 5.10 Å². The number of carbonyl (C=O) groups is 2. The Morgan fingerprint density at radius 2 is 1.85 bits per heavy atom. The fourth-order valence-electron chi connectivity index (χ4n) is 4.18. The second-order valence-corrected chi connectivity index (χ2v) is 7.91. The number of hydrogen-bond acceptors (Lipinski definition) is 3. The standard InChI is InChI=1S/C23H21F3N4O3/c1-29-21(6-8-27-29)14-2-4-16(18(25)11-14)22(31)28-20-12-30(23(32)33)9-7-15(20)13-3-5-17(24)19(26)10-13/h2-6,8,10-11,15,20H,7,9,12H2,1H3,(H,28,31)(H,32,33)/t15-,20+/m0/s1. The molecule has 1 aliphatic heterocycles. The molecule has 4 rings (SSSR count). The third kappa shape index (κ3) is 4.55. The van der Waals surface area contributed by atoms with Gasteiger partial charge in [-0.25, -0.2) is 18.0 Å². The van der Waals surface area contributed by atoms with Gasteiger partial charge in [-0.3, -0.25) is 9.48 Å². The number of amides is 2. The van der Waals surface area contributed by atoms with Gasteiger partial charge < -0.3 is 15.3 Å². The Balaban J connectivity index is 1.59. The first-order valence-electron chi connectivity index (χ1n) is 10.3. The lowest BCUT2D eigenvalue weighted by Crippen LogP contribution is -2.53. The van der Waals surface area contributed by atoms with Gasteiger partial charge in [0, 0.05) is 37.8 Å². The molecule has 3 aromatic rings. The van der Waals surface area contributed by atoms with Crippen LogP contribution in [0.4, 0.5) is 18.0 Å². The molecule has 2 heterocycles. The zero-order chi connectivity index (χ0) is 23.7. The molecule has 10 heteroatoms. The number of nitrogens with zero attached hydrogens (tertiary/aromatic N) is 3. The van der Waals surface area contributed by atoms with Crippen LogP contribution in [-0.4, -0.2) is 50.9 Å². The molecule has 0 bridgehead atoms. The Kier molecular flexibility index (Phi) is 6.08. The predicted molar refractivity (Wildman–Crippen MR) is 113 cm³/mol. The zero-order valence-electron chi connectivity index (χ0n) is 17.6. The lowest BCUT2D eigenvalue weighted by Gasteiger charge is -2.38. The molecular weight excluding hydrogens is 437 g/mol. The van der Waals surface area contributed by atoms with E-state index in [-0.39, 0.29) is 25.1 Å². The lowest BCUT2D eigenvalue weighted by atomic mass is 9.85. The van der Waals surface area contributed by atoms with Crippen molar-refractivity contribution in [3.8, 4) is 11.3 Å². The van der Waals surface area contributed by atoms with E-state index < -0.39 is 41.4 Å². The van der Waals surface area contributed by atoms with Gasteiger partial charge in [-0.1, -0.05) is 12.1 Å². The van der Waals surface area contributed by atoms with Crippen molar-refractivity contribution in [1.82, 2.24) is 20.0 Å². The van der Waals surface area contributed by atoms with Crippen LogP contribution in [0.5, 0.6) is 0 Å². The molecule has 1 aliphatic rings. The quantitative estimate of drug-likeness (QED) is 0.623. The van der Waals surface area contributed by atoms with Crippen LogP contribution in [0.2, 0.25) is 0 Å². The van der Waals surface area contributed by atoms with Crippen LogP contribution in [0, 0.1) is 17.5 Å². The first-order chi connectivity index (χ1) is 15.7. The van der Waals surface area contributed by atoms with Crippen LogP contribution in [0.3, 0.4) is 0 Å². The van der Waals surface area contributed by atoms with Crippen LogP contribution in [0.15, 0.2) is 48.7 Å². The normalized spacial score (nSPS) is 18.2. The number of nitrogens with one attached hydrogen (secondary N) is 1. The highest BCUT2D eigenvalue weighted by atomic mass is 19.2. The number of carbonyl (C=O) groups excluding carboxylic acids is 1. The Bertz CT molecular complexity index is 1210. The van der Waals surface area contributed by atoms with Gasteiger partial charge in [0.05, 0.1) is 17.3 Å².